The van der Waals surface area contributed by atoms with Gasteiger partial charge in [0.15, 0.2) is 12.2 Å². The first kappa shape index (κ1) is 75.1. The molecule has 0 aliphatic rings. The van der Waals surface area contributed by atoms with Gasteiger partial charge in [0.1, 0.15) is 19.3 Å². The monoisotopic (exact) mass is 1140 g/mol. The Labute approximate surface area is 467 Å². The quantitative estimate of drug-likeness (QED) is 0.0222. The zero-order chi connectivity index (χ0) is 57.1. The molecule has 0 rings (SSSR count). The predicted octanol–water partition coefficient (Wildman–Crippen LogP) is 15.5. The third-order valence-electron chi connectivity index (χ3n) is 13.3. The molecule has 0 fully saturated rings. The van der Waals surface area contributed by atoms with Gasteiger partial charge in [-0.25, -0.2) is 9.13 Å². The molecule has 0 spiro atoms. The average Bonchev–Trinajstić information content (AvgIpc) is 3.39. The average molecular weight is 1140 g/mol. The van der Waals surface area contributed by atoms with Crippen LogP contribution in [0.25, 0.3) is 0 Å². The van der Waals surface area contributed by atoms with Gasteiger partial charge in [-0.15, -0.1) is 0 Å². The van der Waals surface area contributed by atoms with Gasteiger partial charge >= 0.3 is 39.5 Å². The van der Waals surface area contributed by atoms with Crippen LogP contribution in [0.1, 0.15) is 285 Å². The first-order valence-electron chi connectivity index (χ1n) is 30.6. The van der Waals surface area contributed by atoms with Crippen molar-refractivity contribution in [3.05, 3.63) is 0 Å². The Kier molecular flexibility index (Phi) is 50.8. The normalized spacial score (nSPS) is 14.4. The van der Waals surface area contributed by atoms with Crippen molar-refractivity contribution in [3.8, 4) is 0 Å². The lowest BCUT2D eigenvalue weighted by Gasteiger charge is -2.21. The van der Waals surface area contributed by atoms with Crippen molar-refractivity contribution in [1.82, 2.24) is 0 Å². The van der Waals surface area contributed by atoms with Crippen LogP contribution in [0, 0.1) is 5.92 Å². The Balaban J connectivity index is 5.19. The second kappa shape index (κ2) is 52.2. The summed E-state index contributed by atoms with van der Waals surface area (Å²) in [4.78, 5) is 71.7. The number of aliphatic hydroxyl groups excluding tert-OH is 1. The number of carbonyl (C=O) groups excluding carboxylic acids is 4. The Bertz CT molecular complexity index is 1520. The summed E-state index contributed by atoms with van der Waals surface area (Å²) in [5.74, 6) is -1.42. The van der Waals surface area contributed by atoms with Crippen molar-refractivity contribution < 1.29 is 80.2 Å². The molecule has 0 amide bonds. The summed E-state index contributed by atoms with van der Waals surface area (Å²) in [5, 5.41) is 10.5. The number of hydrogen-bond acceptors (Lipinski definition) is 15. The molecule has 77 heavy (non-hydrogen) atoms. The van der Waals surface area contributed by atoms with Gasteiger partial charge in [-0.3, -0.25) is 37.3 Å². The van der Waals surface area contributed by atoms with Gasteiger partial charge < -0.3 is 33.8 Å². The molecule has 0 bridgehead atoms. The summed E-state index contributed by atoms with van der Waals surface area (Å²) in [6.07, 6.45) is 33.7. The lowest BCUT2D eigenvalue weighted by Crippen LogP contribution is -2.30. The van der Waals surface area contributed by atoms with Crippen LogP contribution in [0.2, 0.25) is 0 Å². The molecule has 19 heteroatoms. The van der Waals surface area contributed by atoms with Crippen LogP contribution in [0.15, 0.2) is 0 Å². The van der Waals surface area contributed by atoms with Crippen molar-refractivity contribution in [1.29, 1.82) is 0 Å². The minimum absolute atomic E-state index is 0.103. The van der Waals surface area contributed by atoms with Crippen LogP contribution >= 0.6 is 15.6 Å². The molecule has 0 radical (unpaired) electrons. The predicted molar refractivity (Wildman–Crippen MR) is 303 cm³/mol. The number of hydrogen-bond donors (Lipinski definition) is 3. The van der Waals surface area contributed by atoms with Crippen LogP contribution in [0.5, 0.6) is 0 Å². The summed E-state index contributed by atoms with van der Waals surface area (Å²) >= 11 is 0. The van der Waals surface area contributed by atoms with Gasteiger partial charge in [0.05, 0.1) is 26.4 Å². The van der Waals surface area contributed by atoms with Crippen LogP contribution in [-0.2, 0) is 65.4 Å². The minimum Gasteiger partial charge on any atom is -0.462 e. The van der Waals surface area contributed by atoms with E-state index in [4.69, 9.17) is 37.0 Å². The second-order valence-corrected chi connectivity index (χ2v) is 24.4. The summed E-state index contributed by atoms with van der Waals surface area (Å²) < 4.78 is 67.5. The van der Waals surface area contributed by atoms with Crippen molar-refractivity contribution in [2.24, 2.45) is 5.92 Å². The fourth-order valence-corrected chi connectivity index (χ4v) is 10.1. The lowest BCUT2D eigenvalue weighted by atomic mass is 10.0. The molecule has 0 saturated heterocycles. The number of carbonyl (C=O) groups is 4. The first-order chi connectivity index (χ1) is 37.0. The number of phosphoric ester groups is 2. The van der Waals surface area contributed by atoms with Gasteiger partial charge in [0.2, 0.25) is 0 Å². The van der Waals surface area contributed by atoms with Crippen LogP contribution in [-0.4, -0.2) is 96.7 Å². The minimum atomic E-state index is -4.94. The van der Waals surface area contributed by atoms with Crippen LogP contribution in [0.3, 0.4) is 0 Å². The number of ether oxygens (including phenoxy) is 4. The van der Waals surface area contributed by atoms with E-state index in [-0.39, 0.29) is 25.7 Å². The van der Waals surface area contributed by atoms with Gasteiger partial charge in [-0.2, -0.15) is 0 Å². The maximum Gasteiger partial charge on any atom is 0.472 e. The topological polar surface area (TPSA) is 237 Å². The van der Waals surface area contributed by atoms with E-state index in [0.717, 1.165) is 121 Å². The van der Waals surface area contributed by atoms with E-state index in [0.29, 0.717) is 25.7 Å². The highest BCUT2D eigenvalue weighted by Gasteiger charge is 2.30. The van der Waals surface area contributed by atoms with Crippen LogP contribution in [0.4, 0.5) is 0 Å². The SMILES string of the molecule is CCCCCCCCCCCCCCC(=O)O[C@H](COC(=O)CCCCCCCCCCC(C)C)COP(=O)(O)OC[C@@H](O)COP(=O)(O)OC[C@@H](COC(=O)CCCCCCCCC)OC(=O)CCCCCCCCC. The van der Waals surface area contributed by atoms with Gasteiger partial charge in [0.25, 0.3) is 0 Å². The highest BCUT2D eigenvalue weighted by Crippen LogP contribution is 2.45. The van der Waals surface area contributed by atoms with E-state index in [1.165, 1.54) is 83.5 Å². The molecule has 0 aromatic heterocycles. The summed E-state index contributed by atoms with van der Waals surface area (Å²) in [6.45, 7) is 7.03. The molecular formula is C58H112O17P2. The maximum absolute atomic E-state index is 12.9. The van der Waals surface area contributed by atoms with Crippen molar-refractivity contribution in [2.45, 2.75) is 303 Å². The summed E-state index contributed by atoms with van der Waals surface area (Å²) in [5.41, 5.74) is 0. The molecular weight excluding hydrogens is 1030 g/mol. The molecule has 0 aliphatic heterocycles. The molecule has 5 atom stereocenters. The highest BCUT2D eigenvalue weighted by molar-refractivity contribution is 7.47. The maximum atomic E-state index is 12.9. The standard InChI is InChI=1S/C58H112O17P2/c1-6-9-12-15-18-19-20-21-22-29-34-39-44-58(63)75-54(48-69-56(61)42-37-32-28-24-23-27-30-35-40-51(4)5)50-73-77(66,67)71-46-52(59)45-70-76(64,65)72-49-53(74-57(62)43-38-33-26-17-14-11-8-3)47-68-55(60)41-36-31-25-16-13-10-7-2/h51-54,59H,6-50H2,1-5H3,(H,64,65)(H,66,67)/t52-,53+,54+/m0/s1. The number of phosphoric acid groups is 2. The number of esters is 4. The fraction of sp³-hybridized carbons (Fsp3) is 0.931. The number of rotatable bonds is 58. The fourth-order valence-electron chi connectivity index (χ4n) is 8.52. The van der Waals surface area contributed by atoms with Crippen molar-refractivity contribution >= 4 is 39.5 Å². The Morgan fingerprint density at radius 1 is 0.351 bits per heavy atom. The van der Waals surface area contributed by atoms with E-state index in [9.17, 15) is 43.2 Å². The number of unbranched alkanes of at least 4 members (excludes halogenated alkanes) is 30. The van der Waals surface area contributed by atoms with E-state index >= 15 is 0 Å². The molecule has 0 aromatic carbocycles. The summed E-state index contributed by atoms with van der Waals surface area (Å²) in [7, 11) is -9.86. The molecule has 0 aliphatic carbocycles. The largest absolute Gasteiger partial charge is 0.472 e. The molecule has 0 aromatic rings. The highest BCUT2D eigenvalue weighted by atomic mass is 31.2. The zero-order valence-corrected chi connectivity index (χ0v) is 50.9. The number of aliphatic hydroxyl groups is 1. The van der Waals surface area contributed by atoms with Crippen molar-refractivity contribution in [3.63, 3.8) is 0 Å². The van der Waals surface area contributed by atoms with E-state index < -0.39 is 97.5 Å². The Hall–Kier alpha value is -1.94. The molecule has 2 unspecified atom stereocenters. The van der Waals surface area contributed by atoms with Gasteiger partial charge in [-0.1, -0.05) is 234 Å². The molecule has 456 valence electrons. The molecule has 17 nitrogen and oxygen atoms in total. The third-order valence-corrected chi connectivity index (χ3v) is 15.2. The second-order valence-electron chi connectivity index (χ2n) is 21.5. The lowest BCUT2D eigenvalue weighted by molar-refractivity contribution is -0.161. The van der Waals surface area contributed by atoms with Gasteiger partial charge in [0, 0.05) is 25.7 Å². The first-order valence-corrected chi connectivity index (χ1v) is 33.6. The molecule has 0 saturated carbocycles. The van der Waals surface area contributed by atoms with E-state index in [2.05, 4.69) is 34.6 Å². The third kappa shape index (κ3) is 53.2. The van der Waals surface area contributed by atoms with Crippen molar-refractivity contribution in [2.75, 3.05) is 39.6 Å². The van der Waals surface area contributed by atoms with E-state index in [1.807, 2.05) is 0 Å². The Morgan fingerprint density at radius 2 is 0.597 bits per heavy atom. The summed E-state index contributed by atoms with van der Waals surface area (Å²) in [6, 6.07) is 0. The Morgan fingerprint density at radius 3 is 0.883 bits per heavy atom. The zero-order valence-electron chi connectivity index (χ0n) is 49.1. The van der Waals surface area contributed by atoms with Crippen LogP contribution < -0.4 is 0 Å². The van der Waals surface area contributed by atoms with E-state index in [1.54, 1.807) is 0 Å². The van der Waals surface area contributed by atoms with Gasteiger partial charge in [-0.05, 0) is 31.6 Å². The smallest absolute Gasteiger partial charge is 0.462 e. The molecule has 0 heterocycles. The molecule has 3 N–H and O–H groups in total.